The van der Waals surface area contributed by atoms with Crippen LogP contribution in [0.5, 0.6) is 0 Å². The van der Waals surface area contributed by atoms with Crippen molar-refractivity contribution in [1.82, 2.24) is 14.6 Å². The molecule has 10 heteroatoms. The highest BCUT2D eigenvalue weighted by molar-refractivity contribution is 7.99. The van der Waals surface area contributed by atoms with Crippen molar-refractivity contribution in [2.75, 3.05) is 24.6 Å². The van der Waals surface area contributed by atoms with Gasteiger partial charge in [-0.1, -0.05) is 0 Å². The fourth-order valence-electron chi connectivity index (χ4n) is 2.21. The highest BCUT2D eigenvalue weighted by Crippen LogP contribution is 2.20. The first kappa shape index (κ1) is 17.8. The molecule has 0 bridgehead atoms. The smallest absolute Gasteiger partial charge is 0.305 e. The van der Waals surface area contributed by atoms with Crippen LogP contribution in [0, 0.1) is 0 Å². The van der Waals surface area contributed by atoms with E-state index in [1.165, 1.54) is 16.6 Å². The summed E-state index contributed by atoms with van der Waals surface area (Å²) in [5.74, 6) is -0.0437. The van der Waals surface area contributed by atoms with Gasteiger partial charge in [-0.25, -0.2) is 8.42 Å². The number of carbonyl (C=O) groups excluding carboxylic acids is 1. The Morgan fingerprint density at radius 2 is 2.09 bits per heavy atom. The van der Waals surface area contributed by atoms with Crippen molar-refractivity contribution in [3.05, 3.63) is 18.0 Å². The van der Waals surface area contributed by atoms with Crippen molar-refractivity contribution in [2.45, 2.75) is 24.3 Å². The number of thioether (sulfide) groups is 1. The van der Waals surface area contributed by atoms with E-state index in [0.717, 1.165) is 11.5 Å². The van der Waals surface area contributed by atoms with Crippen molar-refractivity contribution >= 4 is 33.7 Å². The molecule has 0 aromatic carbocycles. The first-order valence-electron chi connectivity index (χ1n) is 7.09. The summed E-state index contributed by atoms with van der Waals surface area (Å²) >= 11 is 1.71. The van der Waals surface area contributed by atoms with E-state index in [1.54, 1.807) is 18.7 Å². The van der Waals surface area contributed by atoms with Gasteiger partial charge in [-0.05, 0) is 13.0 Å². The third-order valence-corrected chi connectivity index (χ3v) is 6.19. The second-order valence-electron chi connectivity index (χ2n) is 5.24. The zero-order chi connectivity index (χ0) is 17.0. The zero-order valence-electron chi connectivity index (χ0n) is 12.6. The maximum absolute atomic E-state index is 12.5. The number of carboxylic acid groups (broad SMARTS) is 1. The quantitative estimate of drug-likeness (QED) is 0.672. The maximum Gasteiger partial charge on any atom is 0.305 e. The van der Waals surface area contributed by atoms with E-state index in [2.05, 4.69) is 10.3 Å². The number of aliphatic carboxylic acids is 1. The van der Waals surface area contributed by atoms with Crippen molar-refractivity contribution < 1.29 is 23.1 Å². The average molecular weight is 361 g/mol. The standard InChI is InChI=1S/C13H19N3O5S2/c1-9(6-12(17)18)15-13(19)11-7-10(8-14-11)23(20,21)16-2-4-22-5-3-16/h7-9,14H,2-6H2,1H3,(H,15,19)(H,17,18). The molecule has 1 atom stereocenters. The molecule has 8 nitrogen and oxygen atoms in total. The lowest BCUT2D eigenvalue weighted by Gasteiger charge is -2.24. The minimum absolute atomic E-state index is 0.0421. The Labute approximate surface area is 138 Å². The number of nitrogens with zero attached hydrogens (tertiary/aromatic N) is 1. The molecular weight excluding hydrogens is 342 g/mol. The summed E-state index contributed by atoms with van der Waals surface area (Å²) in [5.41, 5.74) is 0.0900. The van der Waals surface area contributed by atoms with Crippen molar-refractivity contribution in [3.63, 3.8) is 0 Å². The summed E-state index contributed by atoms with van der Waals surface area (Å²) in [6.07, 6.45) is 1.08. The minimum atomic E-state index is -3.61. The molecule has 1 aliphatic heterocycles. The number of amides is 1. The van der Waals surface area contributed by atoms with E-state index >= 15 is 0 Å². The molecule has 0 spiro atoms. The topological polar surface area (TPSA) is 120 Å². The largest absolute Gasteiger partial charge is 0.481 e. The Balaban J connectivity index is 2.07. The summed E-state index contributed by atoms with van der Waals surface area (Å²) in [6.45, 7) is 2.47. The second-order valence-corrected chi connectivity index (χ2v) is 8.40. The highest BCUT2D eigenvalue weighted by Gasteiger charge is 2.28. The van der Waals surface area contributed by atoms with Gasteiger partial charge in [0.2, 0.25) is 10.0 Å². The average Bonchev–Trinajstić information content (AvgIpc) is 2.98. The number of hydrogen-bond donors (Lipinski definition) is 3. The highest BCUT2D eigenvalue weighted by atomic mass is 32.2. The third-order valence-electron chi connectivity index (χ3n) is 3.37. The molecule has 0 aliphatic carbocycles. The molecule has 23 heavy (non-hydrogen) atoms. The molecule has 1 amide bonds. The van der Waals surface area contributed by atoms with Crippen LogP contribution in [0.4, 0.5) is 0 Å². The van der Waals surface area contributed by atoms with Gasteiger partial charge in [0.25, 0.3) is 5.91 Å². The van der Waals surface area contributed by atoms with Gasteiger partial charge in [0.05, 0.1) is 6.42 Å². The molecule has 1 aromatic rings. The summed E-state index contributed by atoms with van der Waals surface area (Å²) in [7, 11) is -3.61. The molecule has 1 saturated heterocycles. The lowest BCUT2D eigenvalue weighted by Crippen LogP contribution is -2.37. The Bertz CT molecular complexity index is 680. The molecule has 0 saturated carbocycles. The van der Waals surface area contributed by atoms with Crippen LogP contribution < -0.4 is 5.32 Å². The second kappa shape index (κ2) is 7.37. The molecular formula is C13H19N3O5S2. The SMILES string of the molecule is CC(CC(=O)O)NC(=O)c1cc(S(=O)(=O)N2CCSCC2)c[nH]1. The fraction of sp³-hybridized carbons (Fsp3) is 0.538. The number of aromatic nitrogens is 1. The van der Waals surface area contributed by atoms with Crippen LogP contribution in [0.2, 0.25) is 0 Å². The van der Waals surface area contributed by atoms with E-state index in [9.17, 15) is 18.0 Å². The number of carboxylic acids is 1. The Kier molecular flexibility index (Phi) is 5.71. The Hall–Kier alpha value is -1.52. The van der Waals surface area contributed by atoms with Gasteiger partial charge in [-0.3, -0.25) is 9.59 Å². The number of aromatic amines is 1. The van der Waals surface area contributed by atoms with E-state index in [1.807, 2.05) is 0 Å². The van der Waals surface area contributed by atoms with Crippen LogP contribution in [0.1, 0.15) is 23.8 Å². The summed E-state index contributed by atoms with van der Waals surface area (Å²) in [5, 5.41) is 11.2. The zero-order valence-corrected chi connectivity index (χ0v) is 14.2. The van der Waals surface area contributed by atoms with Gasteiger partial charge >= 0.3 is 5.97 Å². The molecule has 1 aromatic heterocycles. The number of carbonyl (C=O) groups is 2. The third kappa shape index (κ3) is 4.49. The minimum Gasteiger partial charge on any atom is -0.481 e. The maximum atomic E-state index is 12.5. The van der Waals surface area contributed by atoms with E-state index in [-0.39, 0.29) is 17.0 Å². The summed E-state index contributed by atoms with van der Waals surface area (Å²) < 4.78 is 26.4. The molecule has 3 N–H and O–H groups in total. The number of hydrogen-bond acceptors (Lipinski definition) is 5. The molecule has 0 radical (unpaired) electrons. The molecule has 2 heterocycles. The van der Waals surface area contributed by atoms with E-state index < -0.39 is 27.9 Å². The molecule has 1 fully saturated rings. The Morgan fingerprint density at radius 3 is 2.70 bits per heavy atom. The van der Waals surface area contributed by atoms with Crippen molar-refractivity contribution in [3.8, 4) is 0 Å². The van der Waals surface area contributed by atoms with Crippen LogP contribution in [-0.4, -0.2) is 65.3 Å². The van der Waals surface area contributed by atoms with Gasteiger partial charge in [-0.15, -0.1) is 0 Å². The summed E-state index contributed by atoms with van der Waals surface area (Å²) in [4.78, 5) is 25.3. The fourth-order valence-corrected chi connectivity index (χ4v) is 4.78. The Morgan fingerprint density at radius 1 is 1.43 bits per heavy atom. The lowest BCUT2D eigenvalue weighted by atomic mass is 10.2. The van der Waals surface area contributed by atoms with E-state index in [4.69, 9.17) is 5.11 Å². The van der Waals surface area contributed by atoms with Crippen molar-refractivity contribution in [1.29, 1.82) is 0 Å². The normalized spacial score (nSPS) is 17.6. The van der Waals surface area contributed by atoms with Crippen molar-refractivity contribution in [2.24, 2.45) is 0 Å². The predicted octanol–water partition coefficient (Wildman–Crippen LogP) is 0.345. The van der Waals surface area contributed by atoms with Crippen LogP contribution in [0.25, 0.3) is 0 Å². The molecule has 1 unspecified atom stereocenters. The lowest BCUT2D eigenvalue weighted by molar-refractivity contribution is -0.137. The predicted molar refractivity (Wildman–Crippen MR) is 86.1 cm³/mol. The van der Waals surface area contributed by atoms with Crippen LogP contribution in [0.15, 0.2) is 17.2 Å². The summed E-state index contributed by atoms with van der Waals surface area (Å²) in [6, 6.07) is 0.724. The van der Waals surface area contributed by atoms with Crippen LogP contribution in [0.3, 0.4) is 0 Å². The number of sulfonamides is 1. The first-order chi connectivity index (χ1) is 10.8. The van der Waals surface area contributed by atoms with Gasteiger partial charge in [0.15, 0.2) is 0 Å². The molecule has 2 rings (SSSR count). The number of H-pyrrole nitrogens is 1. The van der Waals surface area contributed by atoms with Gasteiger partial charge in [-0.2, -0.15) is 16.1 Å². The van der Waals surface area contributed by atoms with E-state index in [0.29, 0.717) is 13.1 Å². The first-order valence-corrected chi connectivity index (χ1v) is 9.69. The van der Waals surface area contributed by atoms with Gasteiger partial charge in [0.1, 0.15) is 10.6 Å². The van der Waals surface area contributed by atoms with Crippen LogP contribution >= 0.6 is 11.8 Å². The van der Waals surface area contributed by atoms with Gasteiger partial charge in [0, 0.05) is 36.8 Å². The van der Waals surface area contributed by atoms with Gasteiger partial charge < -0.3 is 15.4 Å². The molecule has 1 aliphatic rings. The monoisotopic (exact) mass is 361 g/mol. The van der Waals surface area contributed by atoms with Crippen LogP contribution in [-0.2, 0) is 14.8 Å². The molecule has 128 valence electrons. The number of nitrogens with one attached hydrogen (secondary N) is 2. The number of rotatable bonds is 6.